The normalized spacial score (nSPS) is 12.6. The van der Waals surface area contributed by atoms with Gasteiger partial charge < -0.3 is 4.84 Å². The van der Waals surface area contributed by atoms with Gasteiger partial charge in [-0.25, -0.2) is 8.42 Å². The van der Waals surface area contributed by atoms with Crippen LogP contribution < -0.4 is 4.89 Å². The lowest BCUT2D eigenvalue weighted by Crippen LogP contribution is -2.40. The van der Waals surface area contributed by atoms with Crippen molar-refractivity contribution in [1.29, 1.82) is 0 Å². The van der Waals surface area contributed by atoms with Crippen molar-refractivity contribution >= 4 is 16.0 Å². The van der Waals surface area contributed by atoms with Gasteiger partial charge in [-0.3, -0.25) is 4.79 Å². The van der Waals surface area contributed by atoms with E-state index >= 15 is 0 Å². The maximum Gasteiger partial charge on any atom is 0.326 e. The fourth-order valence-corrected chi connectivity index (χ4v) is 0.934. The molecule has 5 nitrogen and oxygen atoms in total. The molecule has 0 aliphatic rings. The van der Waals surface area contributed by atoms with Crippen molar-refractivity contribution in [3.63, 3.8) is 0 Å². The molecular weight excluding hydrogens is 206 g/mol. The minimum Gasteiger partial charge on any atom is -0.356 e. The first kappa shape index (κ1) is 13.4. The van der Waals surface area contributed by atoms with Crippen LogP contribution in [0.1, 0.15) is 40.5 Å². The van der Waals surface area contributed by atoms with E-state index in [-0.39, 0.29) is 6.42 Å². The van der Waals surface area contributed by atoms with E-state index in [0.29, 0.717) is 6.42 Å². The van der Waals surface area contributed by atoms with E-state index in [4.69, 9.17) is 0 Å². The highest BCUT2D eigenvalue weighted by molar-refractivity contribution is 7.90. The second-order valence-corrected chi connectivity index (χ2v) is 6.32. The predicted octanol–water partition coefficient (Wildman–Crippen LogP) is 0.963. The predicted molar refractivity (Wildman–Crippen MR) is 52.8 cm³/mol. The van der Waals surface area contributed by atoms with E-state index < -0.39 is 20.7 Å². The molecule has 0 heterocycles. The molecule has 0 bridgehead atoms. The molecule has 0 aromatic carbocycles. The lowest BCUT2D eigenvalue weighted by Gasteiger charge is -2.18. The number of carbonyl (C=O) groups excluding carboxylic acids is 1. The summed E-state index contributed by atoms with van der Waals surface area (Å²) in [5.74, 6) is -0.569. The van der Waals surface area contributed by atoms with E-state index in [0.717, 1.165) is 0 Å². The Morgan fingerprint density at radius 1 is 1.36 bits per heavy atom. The largest absolute Gasteiger partial charge is 0.356 e. The average Bonchev–Trinajstić information content (AvgIpc) is 1.99. The Hall–Kier alpha value is -0.620. The molecule has 0 amide bonds. The Kier molecular flexibility index (Phi) is 4.54. The van der Waals surface area contributed by atoms with E-state index in [1.165, 1.54) is 20.8 Å². The molecule has 84 valence electrons. The summed E-state index contributed by atoms with van der Waals surface area (Å²) in [7, 11) is -3.60. The summed E-state index contributed by atoms with van der Waals surface area (Å²) in [6.07, 6.45) is 0.822. The van der Waals surface area contributed by atoms with Gasteiger partial charge in [0.15, 0.2) is 0 Å². The highest BCUT2D eigenvalue weighted by Gasteiger charge is 2.30. The van der Waals surface area contributed by atoms with Crippen LogP contribution in [0.4, 0.5) is 0 Å². The zero-order chi connectivity index (χ0) is 11.4. The summed E-state index contributed by atoms with van der Waals surface area (Å²) in [6, 6.07) is 0. The fourth-order valence-electron chi connectivity index (χ4n) is 0.481. The molecule has 14 heavy (non-hydrogen) atoms. The number of sulfonamides is 1. The zero-order valence-electron chi connectivity index (χ0n) is 8.96. The van der Waals surface area contributed by atoms with E-state index in [9.17, 15) is 13.2 Å². The summed E-state index contributed by atoms with van der Waals surface area (Å²) < 4.78 is 21.8. The first-order chi connectivity index (χ1) is 6.20. The van der Waals surface area contributed by atoms with Gasteiger partial charge in [-0.2, -0.15) is 0 Å². The molecular formula is C8H17NO4S. The second-order valence-electron chi connectivity index (χ2n) is 3.92. The maximum atomic E-state index is 11.4. The number of hydrogen-bond donors (Lipinski definition) is 1. The van der Waals surface area contributed by atoms with Gasteiger partial charge in [0.2, 0.25) is 10.0 Å². The lowest BCUT2D eigenvalue weighted by molar-refractivity contribution is -0.147. The van der Waals surface area contributed by atoms with Crippen LogP contribution in [-0.4, -0.2) is 19.1 Å². The van der Waals surface area contributed by atoms with Crippen LogP contribution in [0, 0.1) is 0 Å². The Labute approximate surface area is 84.8 Å². The number of carbonyl (C=O) groups is 1. The van der Waals surface area contributed by atoms with Gasteiger partial charge in [-0.1, -0.05) is 6.92 Å². The van der Waals surface area contributed by atoms with Crippen molar-refractivity contribution in [3.05, 3.63) is 0 Å². The molecule has 6 heteroatoms. The summed E-state index contributed by atoms with van der Waals surface area (Å²) in [6.45, 7) is 6.36. The molecule has 0 rings (SSSR count). The molecule has 0 aliphatic heterocycles. The number of nitrogens with one attached hydrogen (secondary N) is 1. The first-order valence-electron chi connectivity index (χ1n) is 4.41. The molecule has 0 aliphatic carbocycles. The Morgan fingerprint density at radius 3 is 2.21 bits per heavy atom. The fraction of sp³-hybridized carbons (Fsp3) is 0.875. The van der Waals surface area contributed by atoms with Crippen LogP contribution in [-0.2, 0) is 19.7 Å². The third-order valence-electron chi connectivity index (χ3n) is 1.53. The van der Waals surface area contributed by atoms with Crippen LogP contribution >= 0.6 is 0 Å². The standard InChI is InChI=1S/C8H17NO4S/c1-5-6-7(10)13-9-14(11,12)8(2,3)4/h9H,5-6H2,1-4H3. The van der Waals surface area contributed by atoms with Crippen molar-refractivity contribution in [2.45, 2.75) is 45.3 Å². The van der Waals surface area contributed by atoms with Gasteiger partial charge in [0, 0.05) is 6.42 Å². The second kappa shape index (κ2) is 4.75. The summed E-state index contributed by atoms with van der Waals surface area (Å²) in [5.41, 5.74) is 0. The number of rotatable bonds is 4. The van der Waals surface area contributed by atoms with Crippen molar-refractivity contribution in [2.24, 2.45) is 0 Å². The Balaban J connectivity index is 4.22. The topological polar surface area (TPSA) is 72.5 Å². The van der Waals surface area contributed by atoms with E-state index in [2.05, 4.69) is 4.84 Å². The van der Waals surface area contributed by atoms with Crippen molar-refractivity contribution in [1.82, 2.24) is 4.89 Å². The molecule has 1 N–H and O–H groups in total. The SMILES string of the molecule is CCCC(=O)ONS(=O)(=O)C(C)(C)C. The average molecular weight is 223 g/mol. The molecule has 0 aromatic rings. The molecule has 0 atom stereocenters. The summed E-state index contributed by atoms with van der Waals surface area (Å²) >= 11 is 0. The van der Waals surface area contributed by atoms with Crippen molar-refractivity contribution in [2.75, 3.05) is 0 Å². The highest BCUT2D eigenvalue weighted by atomic mass is 32.2. The Bertz CT molecular complexity index is 289. The quantitative estimate of drug-likeness (QED) is 0.720. The van der Waals surface area contributed by atoms with Crippen LogP contribution in [0.15, 0.2) is 0 Å². The van der Waals surface area contributed by atoms with Gasteiger partial charge in [0.05, 0.1) is 4.75 Å². The van der Waals surface area contributed by atoms with E-state index in [1.807, 2.05) is 0 Å². The van der Waals surface area contributed by atoms with Crippen LogP contribution in [0.2, 0.25) is 0 Å². The molecule has 0 spiro atoms. The third kappa shape index (κ3) is 4.06. The van der Waals surface area contributed by atoms with Gasteiger partial charge in [0.25, 0.3) is 0 Å². The molecule has 0 unspecified atom stereocenters. The van der Waals surface area contributed by atoms with E-state index in [1.54, 1.807) is 11.8 Å². The number of hydrogen-bond acceptors (Lipinski definition) is 4. The zero-order valence-corrected chi connectivity index (χ0v) is 9.77. The lowest BCUT2D eigenvalue weighted by atomic mass is 10.3. The Morgan fingerprint density at radius 2 is 1.86 bits per heavy atom. The third-order valence-corrected chi connectivity index (χ3v) is 3.44. The molecule has 0 radical (unpaired) electrons. The molecule has 0 saturated heterocycles. The molecule has 0 fully saturated rings. The summed E-state index contributed by atoms with van der Waals surface area (Å²) in [5, 5.41) is 0. The minimum absolute atomic E-state index is 0.201. The smallest absolute Gasteiger partial charge is 0.326 e. The van der Waals surface area contributed by atoms with Gasteiger partial charge in [-0.15, -0.1) is 0 Å². The van der Waals surface area contributed by atoms with Gasteiger partial charge in [0.1, 0.15) is 0 Å². The monoisotopic (exact) mass is 223 g/mol. The van der Waals surface area contributed by atoms with Crippen LogP contribution in [0.5, 0.6) is 0 Å². The van der Waals surface area contributed by atoms with Crippen LogP contribution in [0.3, 0.4) is 0 Å². The highest BCUT2D eigenvalue weighted by Crippen LogP contribution is 2.12. The van der Waals surface area contributed by atoms with Gasteiger partial charge in [-0.05, 0) is 32.1 Å². The maximum absolute atomic E-state index is 11.4. The molecule has 0 saturated carbocycles. The van der Waals surface area contributed by atoms with Gasteiger partial charge >= 0.3 is 5.97 Å². The minimum atomic E-state index is -3.60. The summed E-state index contributed by atoms with van der Waals surface area (Å²) in [4.78, 5) is 17.1. The van der Waals surface area contributed by atoms with Crippen molar-refractivity contribution in [3.8, 4) is 0 Å². The molecule has 0 aromatic heterocycles. The first-order valence-corrected chi connectivity index (χ1v) is 5.90. The van der Waals surface area contributed by atoms with Crippen LogP contribution in [0.25, 0.3) is 0 Å². The van der Waals surface area contributed by atoms with Crippen molar-refractivity contribution < 1.29 is 18.0 Å².